The SMILES string of the molecule is C=C(C)c1cn(CCCCCCCC)nn1. The molecule has 3 heteroatoms. The molecule has 1 rings (SSSR count). The van der Waals surface area contributed by atoms with E-state index in [1.54, 1.807) is 0 Å². The van der Waals surface area contributed by atoms with Crippen LogP contribution in [0.15, 0.2) is 12.8 Å². The van der Waals surface area contributed by atoms with Crippen LogP contribution in [0.25, 0.3) is 5.57 Å². The van der Waals surface area contributed by atoms with Gasteiger partial charge in [-0.3, -0.25) is 4.68 Å². The van der Waals surface area contributed by atoms with E-state index in [0.29, 0.717) is 0 Å². The van der Waals surface area contributed by atoms with Crippen LogP contribution in [0.1, 0.15) is 58.1 Å². The normalized spacial score (nSPS) is 10.6. The molecule has 16 heavy (non-hydrogen) atoms. The number of allylic oxidation sites excluding steroid dienone is 1. The zero-order valence-electron chi connectivity index (χ0n) is 10.6. The van der Waals surface area contributed by atoms with Gasteiger partial charge in [-0.2, -0.15) is 0 Å². The van der Waals surface area contributed by atoms with Gasteiger partial charge in [0.25, 0.3) is 0 Å². The van der Waals surface area contributed by atoms with Crippen LogP contribution < -0.4 is 0 Å². The zero-order valence-corrected chi connectivity index (χ0v) is 10.6. The van der Waals surface area contributed by atoms with Crippen molar-refractivity contribution in [2.75, 3.05) is 0 Å². The first-order chi connectivity index (χ1) is 7.74. The summed E-state index contributed by atoms with van der Waals surface area (Å²) in [5.41, 5.74) is 1.89. The molecule has 0 unspecified atom stereocenters. The summed E-state index contributed by atoms with van der Waals surface area (Å²) in [6.45, 7) is 9.03. The predicted octanol–water partition coefficient (Wildman–Crippen LogP) is 3.67. The molecule has 0 aliphatic heterocycles. The van der Waals surface area contributed by atoms with E-state index in [9.17, 15) is 0 Å². The van der Waals surface area contributed by atoms with Gasteiger partial charge in [-0.1, -0.05) is 50.8 Å². The highest BCUT2D eigenvalue weighted by Gasteiger charge is 2.00. The number of unbranched alkanes of at least 4 members (excludes halogenated alkanes) is 5. The third kappa shape index (κ3) is 4.60. The van der Waals surface area contributed by atoms with E-state index in [2.05, 4.69) is 23.8 Å². The third-order valence-corrected chi connectivity index (χ3v) is 2.72. The molecule has 0 saturated heterocycles. The van der Waals surface area contributed by atoms with Crippen LogP contribution in [-0.4, -0.2) is 15.0 Å². The highest BCUT2D eigenvalue weighted by molar-refractivity contribution is 5.56. The maximum absolute atomic E-state index is 4.08. The van der Waals surface area contributed by atoms with Crippen molar-refractivity contribution in [3.63, 3.8) is 0 Å². The quantitative estimate of drug-likeness (QED) is 0.627. The van der Waals surface area contributed by atoms with Crippen LogP contribution in [-0.2, 0) is 6.54 Å². The molecule has 1 aromatic rings. The largest absolute Gasteiger partial charge is 0.252 e. The molecule has 0 saturated carbocycles. The molecule has 0 spiro atoms. The monoisotopic (exact) mass is 221 g/mol. The minimum atomic E-state index is 0.908. The van der Waals surface area contributed by atoms with Crippen LogP contribution in [0, 0.1) is 0 Å². The Bertz CT molecular complexity index is 315. The molecule has 0 N–H and O–H groups in total. The fraction of sp³-hybridized carbons (Fsp3) is 0.692. The number of rotatable bonds is 8. The topological polar surface area (TPSA) is 30.7 Å². The van der Waals surface area contributed by atoms with E-state index in [1.165, 1.54) is 38.5 Å². The molecule has 1 heterocycles. The molecule has 0 bridgehead atoms. The summed E-state index contributed by atoms with van der Waals surface area (Å²) in [4.78, 5) is 0. The van der Waals surface area contributed by atoms with Gasteiger partial charge in [0.15, 0.2) is 0 Å². The van der Waals surface area contributed by atoms with Crippen molar-refractivity contribution in [1.82, 2.24) is 15.0 Å². The summed E-state index contributed by atoms with van der Waals surface area (Å²) in [7, 11) is 0. The molecule has 0 aromatic carbocycles. The summed E-state index contributed by atoms with van der Waals surface area (Å²) < 4.78 is 1.92. The van der Waals surface area contributed by atoms with Gasteiger partial charge in [0.05, 0.1) is 6.20 Å². The Morgan fingerprint density at radius 3 is 2.56 bits per heavy atom. The van der Waals surface area contributed by atoms with Crippen molar-refractivity contribution in [3.05, 3.63) is 18.5 Å². The second kappa shape index (κ2) is 7.20. The average Bonchev–Trinajstić information content (AvgIpc) is 2.72. The van der Waals surface area contributed by atoms with Gasteiger partial charge in [-0.15, -0.1) is 5.10 Å². The van der Waals surface area contributed by atoms with Crippen molar-refractivity contribution in [2.45, 2.75) is 58.9 Å². The average molecular weight is 221 g/mol. The molecule has 0 aliphatic rings. The van der Waals surface area contributed by atoms with Gasteiger partial charge in [0.2, 0.25) is 0 Å². The summed E-state index contributed by atoms with van der Waals surface area (Å²) >= 11 is 0. The Kier molecular flexibility index (Phi) is 5.83. The Morgan fingerprint density at radius 2 is 1.94 bits per heavy atom. The molecular weight excluding hydrogens is 198 g/mol. The van der Waals surface area contributed by atoms with Crippen LogP contribution >= 0.6 is 0 Å². The first-order valence-corrected chi connectivity index (χ1v) is 6.30. The van der Waals surface area contributed by atoms with Gasteiger partial charge in [-0.25, -0.2) is 0 Å². The minimum Gasteiger partial charge on any atom is -0.252 e. The predicted molar refractivity (Wildman–Crippen MR) is 68.1 cm³/mol. The van der Waals surface area contributed by atoms with Crippen LogP contribution in [0.4, 0.5) is 0 Å². The standard InChI is InChI=1S/C13H23N3/c1-4-5-6-7-8-9-10-16-11-13(12(2)3)14-15-16/h11H,2,4-10H2,1,3H3. The third-order valence-electron chi connectivity index (χ3n) is 2.72. The molecule has 0 radical (unpaired) electrons. The van der Waals surface area contributed by atoms with E-state index in [0.717, 1.165) is 17.8 Å². The molecule has 0 fully saturated rings. The molecule has 3 nitrogen and oxygen atoms in total. The van der Waals surface area contributed by atoms with E-state index in [-0.39, 0.29) is 0 Å². The number of hydrogen-bond acceptors (Lipinski definition) is 2. The zero-order chi connectivity index (χ0) is 11.8. The molecule has 0 amide bonds. The van der Waals surface area contributed by atoms with Gasteiger partial charge in [-0.05, 0) is 18.9 Å². The highest BCUT2D eigenvalue weighted by atomic mass is 15.4. The lowest BCUT2D eigenvalue weighted by Gasteiger charge is -2.00. The van der Waals surface area contributed by atoms with E-state index in [1.807, 2.05) is 17.8 Å². The molecular formula is C13H23N3. The number of hydrogen-bond donors (Lipinski definition) is 0. The summed E-state index contributed by atoms with van der Waals surface area (Å²) in [5.74, 6) is 0. The van der Waals surface area contributed by atoms with Crippen LogP contribution in [0.5, 0.6) is 0 Å². The lowest BCUT2D eigenvalue weighted by Crippen LogP contribution is -1.98. The van der Waals surface area contributed by atoms with Crippen LogP contribution in [0.3, 0.4) is 0 Å². The second-order valence-corrected chi connectivity index (χ2v) is 4.41. The molecule has 90 valence electrons. The van der Waals surface area contributed by atoms with Gasteiger partial charge >= 0.3 is 0 Å². The Hall–Kier alpha value is -1.12. The van der Waals surface area contributed by atoms with E-state index < -0.39 is 0 Å². The Labute approximate surface area is 98.6 Å². The molecule has 1 aromatic heterocycles. The summed E-state index contributed by atoms with van der Waals surface area (Å²) in [6.07, 6.45) is 9.86. The lowest BCUT2D eigenvalue weighted by atomic mass is 10.1. The maximum Gasteiger partial charge on any atom is 0.108 e. The maximum atomic E-state index is 4.08. The number of aryl methyl sites for hydroxylation is 1. The summed E-state index contributed by atoms with van der Waals surface area (Å²) in [6, 6.07) is 0. The van der Waals surface area contributed by atoms with Gasteiger partial charge < -0.3 is 0 Å². The Balaban J connectivity index is 2.14. The minimum absolute atomic E-state index is 0.908. The second-order valence-electron chi connectivity index (χ2n) is 4.41. The van der Waals surface area contributed by atoms with Crippen molar-refractivity contribution in [1.29, 1.82) is 0 Å². The Morgan fingerprint density at radius 1 is 1.25 bits per heavy atom. The number of nitrogens with zero attached hydrogens (tertiary/aromatic N) is 3. The van der Waals surface area contributed by atoms with Gasteiger partial charge in [0, 0.05) is 6.54 Å². The fourth-order valence-corrected chi connectivity index (χ4v) is 1.66. The van der Waals surface area contributed by atoms with E-state index in [4.69, 9.17) is 0 Å². The molecule has 0 aliphatic carbocycles. The first kappa shape index (κ1) is 12.9. The van der Waals surface area contributed by atoms with Gasteiger partial charge in [0.1, 0.15) is 5.69 Å². The lowest BCUT2D eigenvalue weighted by molar-refractivity contribution is 0.516. The first-order valence-electron chi connectivity index (χ1n) is 6.30. The number of aromatic nitrogens is 3. The van der Waals surface area contributed by atoms with Crippen molar-refractivity contribution >= 4 is 5.57 Å². The highest BCUT2D eigenvalue weighted by Crippen LogP contribution is 2.08. The van der Waals surface area contributed by atoms with Crippen LogP contribution in [0.2, 0.25) is 0 Å². The summed E-state index contributed by atoms with van der Waals surface area (Å²) in [5, 5.41) is 8.13. The van der Waals surface area contributed by atoms with Crippen molar-refractivity contribution < 1.29 is 0 Å². The smallest absolute Gasteiger partial charge is 0.108 e. The fourth-order valence-electron chi connectivity index (χ4n) is 1.66. The van der Waals surface area contributed by atoms with Crippen molar-refractivity contribution in [2.24, 2.45) is 0 Å². The van der Waals surface area contributed by atoms with E-state index >= 15 is 0 Å². The van der Waals surface area contributed by atoms with Crippen molar-refractivity contribution in [3.8, 4) is 0 Å². The molecule has 0 atom stereocenters.